The van der Waals surface area contributed by atoms with Gasteiger partial charge >= 0.3 is 6.18 Å². The lowest BCUT2D eigenvalue weighted by Gasteiger charge is -2.32. The van der Waals surface area contributed by atoms with Crippen LogP contribution in [0.3, 0.4) is 0 Å². The highest BCUT2D eigenvalue weighted by Gasteiger charge is 2.30. The Kier molecular flexibility index (Phi) is 6.72. The van der Waals surface area contributed by atoms with Gasteiger partial charge in [-0.05, 0) is 37.9 Å². The number of piperidine rings is 1. The van der Waals surface area contributed by atoms with Crippen LogP contribution >= 0.6 is 11.3 Å². The van der Waals surface area contributed by atoms with Gasteiger partial charge in [-0.1, -0.05) is 25.5 Å². The van der Waals surface area contributed by atoms with Crippen LogP contribution in [0.15, 0.2) is 29.6 Å². The molecule has 1 aromatic carbocycles. The highest BCUT2D eigenvalue weighted by Crippen LogP contribution is 2.33. The predicted octanol–water partition coefficient (Wildman–Crippen LogP) is 4.82. The van der Waals surface area contributed by atoms with Crippen LogP contribution in [-0.4, -0.2) is 41.5 Å². The standard InChI is InChI=1S/C20H24F3N3OS/c1-2-3-9-26-10-7-16(8-11-26)24-18(27)17-13-28-19(25-17)14-5-4-6-15(12-14)20(21,22)23/h4-6,12-13,16H,2-3,7-11H2,1H3,(H,24,27). The van der Waals surface area contributed by atoms with Crippen LogP contribution in [0.4, 0.5) is 13.2 Å². The molecular formula is C20H24F3N3OS. The number of rotatable bonds is 6. The predicted molar refractivity (Wildman–Crippen MR) is 104 cm³/mol. The second-order valence-corrected chi connectivity index (χ2v) is 7.92. The van der Waals surface area contributed by atoms with Gasteiger partial charge in [0.1, 0.15) is 10.7 Å². The van der Waals surface area contributed by atoms with Gasteiger partial charge in [0.2, 0.25) is 0 Å². The number of carbonyl (C=O) groups is 1. The maximum atomic E-state index is 12.9. The van der Waals surface area contributed by atoms with E-state index in [-0.39, 0.29) is 17.6 Å². The Labute approximate surface area is 166 Å². The summed E-state index contributed by atoms with van der Waals surface area (Å²) in [6.07, 6.45) is -0.234. The molecule has 0 radical (unpaired) electrons. The molecule has 1 aliphatic rings. The maximum absolute atomic E-state index is 12.9. The first-order valence-electron chi connectivity index (χ1n) is 9.53. The van der Waals surface area contributed by atoms with E-state index in [0.717, 1.165) is 44.6 Å². The molecule has 2 heterocycles. The summed E-state index contributed by atoms with van der Waals surface area (Å²) in [5.74, 6) is -0.263. The van der Waals surface area contributed by atoms with E-state index in [4.69, 9.17) is 0 Å². The van der Waals surface area contributed by atoms with Crippen molar-refractivity contribution >= 4 is 17.2 Å². The van der Waals surface area contributed by atoms with Crippen molar-refractivity contribution in [3.63, 3.8) is 0 Å². The third-order valence-corrected chi connectivity index (χ3v) is 5.82. The number of unbranched alkanes of at least 4 members (excludes halogenated alkanes) is 1. The second kappa shape index (κ2) is 9.05. The van der Waals surface area contributed by atoms with Crippen molar-refractivity contribution < 1.29 is 18.0 Å². The van der Waals surface area contributed by atoms with E-state index in [2.05, 4.69) is 22.1 Å². The van der Waals surface area contributed by atoms with Crippen molar-refractivity contribution in [3.8, 4) is 10.6 Å². The Morgan fingerprint density at radius 1 is 1.32 bits per heavy atom. The fourth-order valence-corrected chi connectivity index (χ4v) is 4.08. The zero-order chi connectivity index (χ0) is 20.1. The van der Waals surface area contributed by atoms with E-state index in [0.29, 0.717) is 10.6 Å². The summed E-state index contributed by atoms with van der Waals surface area (Å²) in [5, 5.41) is 5.02. The van der Waals surface area contributed by atoms with Gasteiger partial charge in [-0.15, -0.1) is 11.3 Å². The van der Waals surface area contributed by atoms with E-state index >= 15 is 0 Å². The van der Waals surface area contributed by atoms with E-state index in [1.54, 1.807) is 11.4 Å². The van der Waals surface area contributed by atoms with Gasteiger partial charge < -0.3 is 10.2 Å². The van der Waals surface area contributed by atoms with Gasteiger partial charge in [0.25, 0.3) is 5.91 Å². The number of amides is 1. The molecule has 0 unspecified atom stereocenters. The second-order valence-electron chi connectivity index (χ2n) is 7.06. The van der Waals surface area contributed by atoms with Crippen molar-refractivity contribution in [1.82, 2.24) is 15.2 Å². The lowest BCUT2D eigenvalue weighted by molar-refractivity contribution is -0.137. The molecule has 152 valence electrons. The van der Waals surface area contributed by atoms with Gasteiger partial charge in [-0.2, -0.15) is 13.2 Å². The summed E-state index contributed by atoms with van der Waals surface area (Å²) in [4.78, 5) is 19.1. The molecule has 8 heteroatoms. The summed E-state index contributed by atoms with van der Waals surface area (Å²) in [5.41, 5.74) is -0.102. The van der Waals surface area contributed by atoms with E-state index in [9.17, 15) is 18.0 Å². The van der Waals surface area contributed by atoms with Crippen LogP contribution in [0.25, 0.3) is 10.6 Å². The van der Waals surface area contributed by atoms with Crippen molar-refractivity contribution in [2.45, 2.75) is 44.8 Å². The highest BCUT2D eigenvalue weighted by molar-refractivity contribution is 7.13. The number of nitrogens with one attached hydrogen (secondary N) is 1. The maximum Gasteiger partial charge on any atom is 0.416 e. The molecule has 1 N–H and O–H groups in total. The van der Waals surface area contributed by atoms with Crippen LogP contribution < -0.4 is 5.32 Å². The molecule has 0 aliphatic carbocycles. The average molecular weight is 411 g/mol. The summed E-state index contributed by atoms with van der Waals surface area (Å²) >= 11 is 1.17. The van der Waals surface area contributed by atoms with Crippen molar-refractivity contribution in [2.24, 2.45) is 0 Å². The Balaban J connectivity index is 1.59. The molecule has 0 saturated carbocycles. The van der Waals surface area contributed by atoms with Gasteiger partial charge in [0.15, 0.2) is 0 Å². The molecule has 3 rings (SSSR count). The van der Waals surface area contributed by atoms with Crippen LogP contribution in [-0.2, 0) is 6.18 Å². The first kappa shape index (κ1) is 20.8. The van der Waals surface area contributed by atoms with Gasteiger partial charge in [-0.25, -0.2) is 4.98 Å². The molecule has 1 fully saturated rings. The fraction of sp³-hybridized carbons (Fsp3) is 0.500. The minimum Gasteiger partial charge on any atom is -0.348 e. The van der Waals surface area contributed by atoms with Crippen LogP contribution in [0.1, 0.15) is 48.7 Å². The normalized spacial score (nSPS) is 16.3. The Bertz CT molecular complexity index is 798. The minimum atomic E-state index is -4.40. The van der Waals surface area contributed by atoms with Gasteiger partial charge in [-0.3, -0.25) is 4.79 Å². The Hall–Kier alpha value is -1.93. The Morgan fingerprint density at radius 2 is 2.07 bits per heavy atom. The molecule has 4 nitrogen and oxygen atoms in total. The topological polar surface area (TPSA) is 45.2 Å². The number of alkyl halides is 3. The summed E-state index contributed by atoms with van der Waals surface area (Å²) in [7, 11) is 0. The molecule has 0 bridgehead atoms. The molecule has 1 aromatic heterocycles. The molecule has 1 amide bonds. The SMILES string of the molecule is CCCCN1CCC(NC(=O)c2csc(-c3cccc(C(F)(F)F)c3)n2)CC1. The molecule has 1 saturated heterocycles. The summed E-state index contributed by atoms with van der Waals surface area (Å²) in [6, 6.07) is 5.13. The Morgan fingerprint density at radius 3 is 2.75 bits per heavy atom. The van der Waals surface area contributed by atoms with Crippen LogP contribution in [0.5, 0.6) is 0 Å². The van der Waals surface area contributed by atoms with E-state index < -0.39 is 11.7 Å². The number of hydrogen-bond acceptors (Lipinski definition) is 4. The zero-order valence-corrected chi connectivity index (χ0v) is 16.6. The molecule has 2 aromatic rings. The lowest BCUT2D eigenvalue weighted by atomic mass is 10.0. The van der Waals surface area contributed by atoms with Gasteiger partial charge in [0, 0.05) is 30.1 Å². The van der Waals surface area contributed by atoms with Crippen LogP contribution in [0, 0.1) is 0 Å². The fourth-order valence-electron chi connectivity index (χ4n) is 3.28. The number of carbonyl (C=O) groups excluding carboxylic acids is 1. The van der Waals surface area contributed by atoms with Crippen molar-refractivity contribution in [2.75, 3.05) is 19.6 Å². The molecule has 0 spiro atoms. The third-order valence-electron chi connectivity index (χ3n) is 4.92. The number of benzene rings is 1. The molecular weight excluding hydrogens is 387 g/mol. The largest absolute Gasteiger partial charge is 0.416 e. The minimum absolute atomic E-state index is 0.115. The number of likely N-dealkylation sites (tertiary alicyclic amines) is 1. The summed E-state index contributed by atoms with van der Waals surface area (Å²) in [6.45, 7) is 5.22. The van der Waals surface area contributed by atoms with Crippen molar-refractivity contribution in [3.05, 3.63) is 40.9 Å². The molecule has 0 atom stereocenters. The number of nitrogens with zero attached hydrogens (tertiary/aromatic N) is 2. The molecule has 28 heavy (non-hydrogen) atoms. The number of hydrogen-bond donors (Lipinski definition) is 1. The monoisotopic (exact) mass is 411 g/mol. The summed E-state index contributed by atoms with van der Waals surface area (Å²) < 4.78 is 38.7. The number of aromatic nitrogens is 1. The van der Waals surface area contributed by atoms with E-state index in [1.165, 1.54) is 30.2 Å². The number of thiazole rings is 1. The third kappa shape index (κ3) is 5.32. The highest BCUT2D eigenvalue weighted by atomic mass is 32.1. The molecule has 1 aliphatic heterocycles. The van der Waals surface area contributed by atoms with Crippen molar-refractivity contribution in [1.29, 1.82) is 0 Å². The quantitative estimate of drug-likeness (QED) is 0.741. The lowest BCUT2D eigenvalue weighted by Crippen LogP contribution is -2.44. The van der Waals surface area contributed by atoms with Crippen LogP contribution in [0.2, 0.25) is 0 Å². The first-order chi connectivity index (χ1) is 13.4. The van der Waals surface area contributed by atoms with Gasteiger partial charge in [0.05, 0.1) is 5.56 Å². The van der Waals surface area contributed by atoms with E-state index in [1.807, 2.05) is 0 Å². The number of halogens is 3. The first-order valence-corrected chi connectivity index (χ1v) is 10.4. The average Bonchev–Trinajstić information content (AvgIpc) is 3.17. The smallest absolute Gasteiger partial charge is 0.348 e. The zero-order valence-electron chi connectivity index (χ0n) is 15.8.